The van der Waals surface area contributed by atoms with Crippen molar-refractivity contribution < 1.29 is 17.6 Å². The molecule has 0 spiro atoms. The van der Waals surface area contributed by atoms with Gasteiger partial charge in [-0.15, -0.1) is 0 Å². The van der Waals surface area contributed by atoms with E-state index in [1.807, 2.05) is 0 Å². The Morgan fingerprint density at radius 2 is 1.67 bits per heavy atom. The monoisotopic (exact) mass is 446 g/mol. The molecule has 156 valence electrons. The zero-order valence-electron chi connectivity index (χ0n) is 16.2. The molecular weight excluding hydrogens is 427 g/mol. The molecule has 0 aliphatic heterocycles. The van der Waals surface area contributed by atoms with E-state index in [2.05, 4.69) is 5.32 Å². The minimum Gasteiger partial charge on any atom is -0.325 e. The lowest BCUT2D eigenvalue weighted by atomic mass is 10.2. The molecule has 0 aromatic heterocycles. The largest absolute Gasteiger partial charge is 0.325 e. The third-order valence-electron chi connectivity index (χ3n) is 4.51. The van der Waals surface area contributed by atoms with Gasteiger partial charge in [0.2, 0.25) is 15.9 Å². The fraction of sp³-hybridized carbons (Fsp3) is 0.136. The van der Waals surface area contributed by atoms with E-state index in [1.165, 1.54) is 36.4 Å². The molecule has 0 unspecified atom stereocenters. The first-order valence-corrected chi connectivity index (χ1v) is 10.9. The van der Waals surface area contributed by atoms with Gasteiger partial charge in [-0.2, -0.15) is 4.31 Å². The van der Waals surface area contributed by atoms with Crippen LogP contribution in [-0.4, -0.2) is 25.2 Å². The molecule has 3 aromatic rings. The Balaban J connectivity index is 1.87. The van der Waals surface area contributed by atoms with E-state index in [0.29, 0.717) is 21.8 Å². The van der Waals surface area contributed by atoms with Crippen molar-refractivity contribution in [1.82, 2.24) is 4.31 Å². The topological polar surface area (TPSA) is 66.5 Å². The van der Waals surface area contributed by atoms with Crippen LogP contribution in [0.25, 0.3) is 0 Å². The Morgan fingerprint density at radius 3 is 2.33 bits per heavy atom. The lowest BCUT2D eigenvalue weighted by Gasteiger charge is -2.22. The van der Waals surface area contributed by atoms with Gasteiger partial charge >= 0.3 is 0 Å². The molecule has 0 bridgehead atoms. The summed E-state index contributed by atoms with van der Waals surface area (Å²) in [5, 5.41) is 3.20. The van der Waals surface area contributed by atoms with E-state index >= 15 is 0 Å². The number of carbonyl (C=O) groups is 1. The second kappa shape index (κ2) is 9.38. The van der Waals surface area contributed by atoms with Crippen LogP contribution >= 0.6 is 11.6 Å². The summed E-state index contributed by atoms with van der Waals surface area (Å²) in [7, 11) is -3.96. The fourth-order valence-electron chi connectivity index (χ4n) is 2.85. The molecule has 0 heterocycles. The van der Waals surface area contributed by atoms with Gasteiger partial charge in [0.25, 0.3) is 0 Å². The van der Waals surface area contributed by atoms with Gasteiger partial charge in [0.05, 0.1) is 11.4 Å². The molecule has 1 amide bonds. The van der Waals surface area contributed by atoms with Gasteiger partial charge in [0, 0.05) is 17.3 Å². The van der Waals surface area contributed by atoms with Crippen LogP contribution in [0.1, 0.15) is 11.1 Å². The van der Waals surface area contributed by atoms with Crippen molar-refractivity contribution >= 4 is 33.2 Å². The fourth-order valence-corrected chi connectivity index (χ4v) is 4.43. The van der Waals surface area contributed by atoms with E-state index in [0.717, 1.165) is 4.31 Å². The van der Waals surface area contributed by atoms with Gasteiger partial charge in [0.15, 0.2) is 0 Å². The van der Waals surface area contributed by atoms with Crippen LogP contribution in [0.4, 0.5) is 10.1 Å². The Morgan fingerprint density at radius 1 is 1.00 bits per heavy atom. The third-order valence-corrected chi connectivity index (χ3v) is 6.73. The first kappa shape index (κ1) is 22.0. The zero-order chi connectivity index (χ0) is 21.7. The average Bonchev–Trinajstić information content (AvgIpc) is 2.73. The number of carbonyl (C=O) groups excluding carboxylic acids is 1. The average molecular weight is 447 g/mol. The van der Waals surface area contributed by atoms with Gasteiger partial charge < -0.3 is 5.32 Å². The third kappa shape index (κ3) is 5.24. The van der Waals surface area contributed by atoms with Crippen LogP contribution in [0.15, 0.2) is 77.7 Å². The van der Waals surface area contributed by atoms with Gasteiger partial charge in [-0.05, 0) is 54.4 Å². The maximum absolute atomic E-state index is 13.2. The summed E-state index contributed by atoms with van der Waals surface area (Å²) in [4.78, 5) is 12.8. The minimum atomic E-state index is -3.96. The van der Waals surface area contributed by atoms with E-state index in [4.69, 9.17) is 11.6 Å². The Hall–Kier alpha value is -2.74. The van der Waals surface area contributed by atoms with E-state index in [-0.39, 0.29) is 11.4 Å². The summed E-state index contributed by atoms with van der Waals surface area (Å²) in [6, 6.07) is 18.4. The van der Waals surface area contributed by atoms with Crippen molar-refractivity contribution in [1.29, 1.82) is 0 Å². The van der Waals surface area contributed by atoms with E-state index < -0.39 is 28.3 Å². The number of amides is 1. The highest BCUT2D eigenvalue weighted by Gasteiger charge is 2.27. The molecule has 30 heavy (non-hydrogen) atoms. The highest BCUT2D eigenvalue weighted by molar-refractivity contribution is 7.89. The van der Waals surface area contributed by atoms with E-state index in [1.54, 1.807) is 43.3 Å². The molecule has 8 heteroatoms. The predicted molar refractivity (Wildman–Crippen MR) is 115 cm³/mol. The van der Waals surface area contributed by atoms with Gasteiger partial charge in [0.1, 0.15) is 5.82 Å². The number of halogens is 2. The zero-order valence-corrected chi connectivity index (χ0v) is 17.8. The number of rotatable bonds is 7. The number of hydrogen-bond acceptors (Lipinski definition) is 3. The quantitative estimate of drug-likeness (QED) is 0.576. The summed E-state index contributed by atoms with van der Waals surface area (Å²) in [5.41, 5.74) is 1.75. The number of anilines is 1. The molecule has 0 atom stereocenters. The summed E-state index contributed by atoms with van der Waals surface area (Å²) < 4.78 is 40.6. The number of sulfonamides is 1. The second-order valence-corrected chi connectivity index (χ2v) is 9.02. The maximum atomic E-state index is 13.2. The van der Waals surface area contributed by atoms with Crippen molar-refractivity contribution in [2.45, 2.75) is 18.4 Å². The summed E-state index contributed by atoms with van der Waals surface area (Å²) >= 11 is 6.09. The first-order chi connectivity index (χ1) is 14.3. The highest BCUT2D eigenvalue weighted by Crippen LogP contribution is 2.23. The van der Waals surface area contributed by atoms with Crippen LogP contribution in [0.3, 0.4) is 0 Å². The van der Waals surface area contributed by atoms with Crippen LogP contribution in [0.2, 0.25) is 5.02 Å². The summed E-state index contributed by atoms with van der Waals surface area (Å²) in [6.07, 6.45) is 0. The molecule has 0 radical (unpaired) electrons. The molecule has 3 aromatic carbocycles. The molecule has 0 aliphatic rings. The standard InChI is InChI=1S/C22H20ClFN2O3S/c1-16-20(23)8-5-9-21(16)25-22(27)15-26(14-17-10-12-18(24)13-11-17)30(28,29)19-6-3-2-4-7-19/h2-13H,14-15H2,1H3,(H,25,27). The Labute approximate surface area is 180 Å². The molecule has 3 rings (SSSR count). The van der Waals surface area contributed by atoms with Crippen molar-refractivity contribution in [2.24, 2.45) is 0 Å². The number of nitrogens with zero attached hydrogens (tertiary/aromatic N) is 1. The van der Waals surface area contributed by atoms with Gasteiger partial charge in [-0.3, -0.25) is 4.79 Å². The van der Waals surface area contributed by atoms with Crippen molar-refractivity contribution in [3.8, 4) is 0 Å². The Bertz CT molecular complexity index is 1140. The highest BCUT2D eigenvalue weighted by atomic mass is 35.5. The molecule has 0 saturated carbocycles. The van der Waals surface area contributed by atoms with Crippen LogP contribution < -0.4 is 5.32 Å². The normalized spacial score (nSPS) is 11.5. The second-order valence-electron chi connectivity index (χ2n) is 6.67. The Kier molecular flexibility index (Phi) is 6.87. The summed E-state index contributed by atoms with van der Waals surface area (Å²) in [5.74, 6) is -0.938. The van der Waals surface area contributed by atoms with Crippen molar-refractivity contribution in [2.75, 3.05) is 11.9 Å². The van der Waals surface area contributed by atoms with Gasteiger partial charge in [-0.1, -0.05) is 48.0 Å². The molecular formula is C22H20ClFN2O3S. The lowest BCUT2D eigenvalue weighted by molar-refractivity contribution is -0.116. The van der Waals surface area contributed by atoms with Crippen LogP contribution in [0, 0.1) is 12.7 Å². The van der Waals surface area contributed by atoms with Crippen LogP contribution in [-0.2, 0) is 21.4 Å². The minimum absolute atomic E-state index is 0.0684. The molecule has 5 nitrogen and oxygen atoms in total. The summed E-state index contributed by atoms with van der Waals surface area (Å²) in [6.45, 7) is 1.26. The van der Waals surface area contributed by atoms with Crippen LogP contribution in [0.5, 0.6) is 0 Å². The molecule has 0 fully saturated rings. The van der Waals surface area contributed by atoms with E-state index in [9.17, 15) is 17.6 Å². The van der Waals surface area contributed by atoms with Crippen molar-refractivity contribution in [3.63, 3.8) is 0 Å². The van der Waals surface area contributed by atoms with Crippen molar-refractivity contribution in [3.05, 3.63) is 94.8 Å². The number of nitrogens with one attached hydrogen (secondary N) is 1. The lowest BCUT2D eigenvalue weighted by Crippen LogP contribution is -2.37. The van der Waals surface area contributed by atoms with Gasteiger partial charge in [-0.25, -0.2) is 12.8 Å². The smallest absolute Gasteiger partial charge is 0.243 e. The molecule has 1 N–H and O–H groups in total. The SMILES string of the molecule is Cc1c(Cl)cccc1NC(=O)CN(Cc1ccc(F)cc1)S(=O)(=O)c1ccccc1. The number of hydrogen-bond donors (Lipinski definition) is 1. The predicted octanol–water partition coefficient (Wildman–Crippen LogP) is 4.62. The number of benzene rings is 3. The molecule has 0 aliphatic carbocycles. The molecule has 0 saturated heterocycles. The first-order valence-electron chi connectivity index (χ1n) is 9.12. The maximum Gasteiger partial charge on any atom is 0.243 e.